The van der Waals surface area contributed by atoms with Crippen molar-refractivity contribution in [2.45, 2.75) is 57.9 Å². The van der Waals surface area contributed by atoms with Crippen LogP contribution in [-0.2, 0) is 6.42 Å². The standard InChI is InChI=1S/C24H26FN7O/c1-2-3-4-6-15-9-10-17(19(25)13-15)21-14-18(20-11-12-32(29-20)16-7-5-8-16)22(24(33)26-21)23-27-30-31-28-23/h9-14,16H,2-8H2,1H3,(H,26,33)(H,27,28,30,31). The summed E-state index contributed by atoms with van der Waals surface area (Å²) in [7, 11) is 0. The predicted molar refractivity (Wildman–Crippen MR) is 123 cm³/mol. The molecule has 0 aliphatic heterocycles. The summed E-state index contributed by atoms with van der Waals surface area (Å²) in [5.74, 6) is -0.194. The van der Waals surface area contributed by atoms with Crippen molar-refractivity contribution < 1.29 is 4.39 Å². The fourth-order valence-electron chi connectivity index (χ4n) is 4.24. The van der Waals surface area contributed by atoms with E-state index in [0.717, 1.165) is 44.1 Å². The molecule has 0 atom stereocenters. The van der Waals surface area contributed by atoms with Gasteiger partial charge in [0.1, 0.15) is 5.82 Å². The number of aromatic amines is 2. The molecule has 1 aromatic carbocycles. The van der Waals surface area contributed by atoms with Gasteiger partial charge in [-0.2, -0.15) is 10.3 Å². The van der Waals surface area contributed by atoms with E-state index in [1.54, 1.807) is 18.2 Å². The monoisotopic (exact) mass is 447 g/mol. The van der Waals surface area contributed by atoms with Crippen LogP contribution in [0.15, 0.2) is 41.3 Å². The average Bonchev–Trinajstić information content (AvgIpc) is 3.45. The van der Waals surface area contributed by atoms with Crippen molar-refractivity contribution in [3.05, 3.63) is 58.3 Å². The van der Waals surface area contributed by atoms with Crippen LogP contribution in [0.1, 0.15) is 57.1 Å². The van der Waals surface area contributed by atoms with Crippen LogP contribution in [0.5, 0.6) is 0 Å². The topological polar surface area (TPSA) is 105 Å². The quantitative estimate of drug-likeness (QED) is 0.382. The number of pyridine rings is 1. The van der Waals surface area contributed by atoms with E-state index in [-0.39, 0.29) is 17.2 Å². The zero-order chi connectivity index (χ0) is 22.8. The van der Waals surface area contributed by atoms with E-state index in [1.165, 1.54) is 6.42 Å². The minimum atomic E-state index is -0.423. The van der Waals surface area contributed by atoms with Gasteiger partial charge in [-0.05, 0) is 67.1 Å². The first-order valence-corrected chi connectivity index (χ1v) is 11.5. The Morgan fingerprint density at radius 1 is 1.15 bits per heavy atom. The van der Waals surface area contributed by atoms with Crippen molar-refractivity contribution in [1.82, 2.24) is 35.4 Å². The number of hydrogen-bond acceptors (Lipinski definition) is 5. The minimum absolute atomic E-state index is 0.169. The van der Waals surface area contributed by atoms with Crippen LogP contribution in [-0.4, -0.2) is 35.4 Å². The highest BCUT2D eigenvalue weighted by molar-refractivity contribution is 5.81. The average molecular weight is 448 g/mol. The fourth-order valence-corrected chi connectivity index (χ4v) is 4.24. The molecule has 1 fully saturated rings. The molecule has 4 aromatic rings. The van der Waals surface area contributed by atoms with Crippen LogP contribution in [0.2, 0.25) is 0 Å². The first-order chi connectivity index (χ1) is 16.1. The predicted octanol–water partition coefficient (Wildman–Crippen LogP) is 4.68. The molecule has 1 aliphatic rings. The van der Waals surface area contributed by atoms with Crippen LogP contribution in [0.25, 0.3) is 33.9 Å². The van der Waals surface area contributed by atoms with Crippen LogP contribution in [0.4, 0.5) is 4.39 Å². The van der Waals surface area contributed by atoms with Crippen molar-refractivity contribution in [2.75, 3.05) is 0 Å². The van der Waals surface area contributed by atoms with Crippen molar-refractivity contribution >= 4 is 0 Å². The van der Waals surface area contributed by atoms with Gasteiger partial charge in [0.2, 0.25) is 5.82 Å². The molecular weight excluding hydrogens is 421 g/mol. The summed E-state index contributed by atoms with van der Waals surface area (Å²) in [5, 5.41) is 18.7. The van der Waals surface area contributed by atoms with Crippen molar-refractivity contribution in [1.29, 1.82) is 0 Å². The van der Waals surface area contributed by atoms with E-state index < -0.39 is 5.56 Å². The molecule has 170 valence electrons. The molecule has 0 saturated heterocycles. The van der Waals surface area contributed by atoms with Gasteiger partial charge in [-0.15, -0.1) is 10.2 Å². The summed E-state index contributed by atoms with van der Waals surface area (Å²) in [5.41, 5.74) is 2.67. The molecule has 3 aromatic heterocycles. The van der Waals surface area contributed by atoms with E-state index in [1.807, 2.05) is 23.0 Å². The van der Waals surface area contributed by atoms with Gasteiger partial charge in [-0.25, -0.2) is 4.39 Å². The Hall–Kier alpha value is -3.62. The maximum Gasteiger partial charge on any atom is 0.260 e. The third kappa shape index (κ3) is 4.22. The van der Waals surface area contributed by atoms with Crippen LogP contribution in [0, 0.1) is 5.82 Å². The van der Waals surface area contributed by atoms with Gasteiger partial charge in [-0.3, -0.25) is 9.48 Å². The second-order valence-electron chi connectivity index (χ2n) is 8.57. The second-order valence-corrected chi connectivity index (χ2v) is 8.57. The smallest absolute Gasteiger partial charge is 0.260 e. The molecular formula is C24H26FN7O. The van der Waals surface area contributed by atoms with Crippen LogP contribution in [0.3, 0.4) is 0 Å². The maximum absolute atomic E-state index is 15.1. The molecule has 33 heavy (non-hydrogen) atoms. The highest BCUT2D eigenvalue weighted by Gasteiger charge is 2.23. The van der Waals surface area contributed by atoms with E-state index in [4.69, 9.17) is 5.10 Å². The largest absolute Gasteiger partial charge is 0.321 e. The number of nitrogens with one attached hydrogen (secondary N) is 2. The Morgan fingerprint density at radius 2 is 2.03 bits per heavy atom. The lowest BCUT2D eigenvalue weighted by Gasteiger charge is -2.25. The Bertz CT molecular complexity index is 1300. The van der Waals surface area contributed by atoms with Crippen molar-refractivity contribution in [3.63, 3.8) is 0 Å². The van der Waals surface area contributed by atoms with E-state index in [0.29, 0.717) is 28.6 Å². The molecule has 1 aliphatic carbocycles. The SMILES string of the molecule is CCCCCc1ccc(-c2cc(-c3ccn(C4CCC4)n3)c(-c3nn[nH]n3)c(=O)[nH]2)c(F)c1. The van der Waals surface area contributed by atoms with Gasteiger partial charge < -0.3 is 4.98 Å². The number of tetrazole rings is 1. The Labute approximate surface area is 190 Å². The number of H-pyrrole nitrogens is 2. The second kappa shape index (κ2) is 9.09. The van der Waals surface area contributed by atoms with E-state index in [9.17, 15) is 4.79 Å². The Morgan fingerprint density at radius 3 is 2.73 bits per heavy atom. The van der Waals surface area contributed by atoms with E-state index in [2.05, 4.69) is 32.5 Å². The lowest BCUT2D eigenvalue weighted by atomic mass is 9.93. The molecule has 0 amide bonds. The highest BCUT2D eigenvalue weighted by atomic mass is 19.1. The minimum Gasteiger partial charge on any atom is -0.321 e. The number of rotatable bonds is 8. The molecule has 8 nitrogen and oxygen atoms in total. The van der Waals surface area contributed by atoms with Crippen molar-refractivity contribution in [2.24, 2.45) is 0 Å². The highest BCUT2D eigenvalue weighted by Crippen LogP contribution is 2.34. The van der Waals surface area contributed by atoms with Crippen molar-refractivity contribution in [3.8, 4) is 33.9 Å². The van der Waals surface area contributed by atoms with Gasteiger partial charge in [0, 0.05) is 17.3 Å². The van der Waals surface area contributed by atoms with Gasteiger partial charge in [0.25, 0.3) is 5.56 Å². The first kappa shape index (κ1) is 21.2. The fraction of sp³-hybridized carbons (Fsp3) is 0.375. The molecule has 0 bridgehead atoms. The zero-order valence-electron chi connectivity index (χ0n) is 18.5. The van der Waals surface area contributed by atoms with Gasteiger partial charge in [0.05, 0.1) is 23.0 Å². The zero-order valence-corrected chi connectivity index (χ0v) is 18.5. The molecule has 3 heterocycles. The number of benzene rings is 1. The third-order valence-corrected chi connectivity index (χ3v) is 6.33. The number of nitrogens with zero attached hydrogens (tertiary/aromatic N) is 5. The molecule has 0 radical (unpaired) electrons. The number of unbranched alkanes of at least 4 members (excludes halogenated alkanes) is 2. The van der Waals surface area contributed by atoms with Crippen LogP contribution < -0.4 is 5.56 Å². The Balaban J connectivity index is 1.57. The number of halogens is 1. The number of aryl methyl sites for hydroxylation is 1. The van der Waals surface area contributed by atoms with Gasteiger partial charge in [0.15, 0.2) is 0 Å². The lowest BCUT2D eigenvalue weighted by Crippen LogP contribution is -2.17. The molecule has 2 N–H and O–H groups in total. The number of aromatic nitrogens is 7. The molecule has 5 rings (SSSR count). The maximum atomic E-state index is 15.1. The molecule has 1 saturated carbocycles. The molecule has 0 spiro atoms. The summed E-state index contributed by atoms with van der Waals surface area (Å²) in [6, 6.07) is 9.20. The Kier molecular flexibility index (Phi) is 5.85. The van der Waals surface area contributed by atoms with Gasteiger partial charge >= 0.3 is 0 Å². The number of hydrogen-bond donors (Lipinski definition) is 2. The summed E-state index contributed by atoms with van der Waals surface area (Å²) in [6.07, 6.45) is 9.40. The summed E-state index contributed by atoms with van der Waals surface area (Å²) in [6.45, 7) is 2.14. The summed E-state index contributed by atoms with van der Waals surface area (Å²) in [4.78, 5) is 15.9. The normalized spacial score (nSPS) is 13.9. The van der Waals surface area contributed by atoms with Gasteiger partial charge in [-0.1, -0.05) is 25.8 Å². The van der Waals surface area contributed by atoms with E-state index >= 15 is 4.39 Å². The summed E-state index contributed by atoms with van der Waals surface area (Å²) >= 11 is 0. The molecule has 0 unspecified atom stereocenters. The molecule has 9 heteroatoms. The first-order valence-electron chi connectivity index (χ1n) is 11.5. The summed E-state index contributed by atoms with van der Waals surface area (Å²) < 4.78 is 17.0. The van der Waals surface area contributed by atoms with Crippen LogP contribution >= 0.6 is 0 Å². The lowest BCUT2D eigenvalue weighted by molar-refractivity contribution is 0.290. The third-order valence-electron chi connectivity index (χ3n) is 6.33.